The first-order valence-corrected chi connectivity index (χ1v) is 8.16. The van der Waals surface area contributed by atoms with Gasteiger partial charge in [-0.1, -0.05) is 37.3 Å². The van der Waals surface area contributed by atoms with Gasteiger partial charge in [-0.25, -0.2) is 0 Å². The van der Waals surface area contributed by atoms with E-state index >= 15 is 0 Å². The fourth-order valence-corrected chi connectivity index (χ4v) is 4.19. The van der Waals surface area contributed by atoms with Gasteiger partial charge in [-0.3, -0.25) is 0 Å². The average Bonchev–Trinajstić information content (AvgIpc) is 2.42. The van der Waals surface area contributed by atoms with Crippen molar-refractivity contribution in [1.29, 1.82) is 0 Å². The van der Waals surface area contributed by atoms with Crippen molar-refractivity contribution in [1.82, 2.24) is 0 Å². The summed E-state index contributed by atoms with van der Waals surface area (Å²) in [5.41, 5.74) is 7.70. The summed E-state index contributed by atoms with van der Waals surface area (Å²) >= 11 is 1.86. The Hall–Kier alpha value is -0.510. The van der Waals surface area contributed by atoms with Gasteiger partial charge in [0.1, 0.15) is 0 Å². The van der Waals surface area contributed by atoms with E-state index in [1.54, 1.807) is 0 Å². The molecule has 0 bridgehead atoms. The second kappa shape index (κ2) is 6.78. The molecule has 106 valence electrons. The quantitative estimate of drug-likeness (QED) is 0.890. The molecule has 19 heavy (non-hydrogen) atoms. The minimum atomic E-state index is -0.269. The zero-order chi connectivity index (χ0) is 13.8. The summed E-state index contributed by atoms with van der Waals surface area (Å²) in [6.45, 7) is 3.95. The second-order valence-corrected chi connectivity index (χ2v) is 7.33. The van der Waals surface area contributed by atoms with E-state index in [2.05, 4.69) is 37.3 Å². The van der Waals surface area contributed by atoms with Crippen molar-refractivity contribution in [2.45, 2.75) is 61.7 Å². The number of nitrogens with two attached hydrogens (primary N) is 1. The average molecular weight is 279 g/mol. The van der Waals surface area contributed by atoms with Gasteiger partial charge in [0.2, 0.25) is 0 Å². The highest BCUT2D eigenvalue weighted by Gasteiger charge is 2.31. The topological polar surface area (TPSA) is 46.2 Å². The molecule has 1 aromatic rings. The minimum Gasteiger partial charge on any atom is -0.392 e. The summed E-state index contributed by atoms with van der Waals surface area (Å²) in [5.74, 6) is 0.625. The van der Waals surface area contributed by atoms with Crippen LogP contribution < -0.4 is 5.73 Å². The van der Waals surface area contributed by atoms with E-state index in [4.69, 9.17) is 5.73 Å². The van der Waals surface area contributed by atoms with Crippen molar-refractivity contribution in [3.05, 3.63) is 35.9 Å². The Morgan fingerprint density at radius 1 is 1.21 bits per heavy atom. The zero-order valence-electron chi connectivity index (χ0n) is 11.8. The number of hydrogen-bond donors (Lipinski definition) is 2. The van der Waals surface area contributed by atoms with E-state index in [0.29, 0.717) is 11.2 Å². The summed E-state index contributed by atoms with van der Waals surface area (Å²) in [4.78, 5) is 0. The maximum absolute atomic E-state index is 9.66. The van der Waals surface area contributed by atoms with Crippen LogP contribution >= 0.6 is 11.8 Å². The molecule has 1 saturated carbocycles. The SMILES string of the molecule is CC(O)C(C)SC1CC(c2ccccc2)CCC1N. The molecule has 2 rings (SSSR count). The van der Waals surface area contributed by atoms with Gasteiger partial charge >= 0.3 is 0 Å². The molecule has 0 spiro atoms. The van der Waals surface area contributed by atoms with Gasteiger partial charge in [-0.2, -0.15) is 11.8 Å². The van der Waals surface area contributed by atoms with E-state index in [-0.39, 0.29) is 17.4 Å². The van der Waals surface area contributed by atoms with E-state index < -0.39 is 0 Å². The molecule has 0 amide bonds. The molecular formula is C16H25NOS. The van der Waals surface area contributed by atoms with Crippen molar-refractivity contribution < 1.29 is 5.11 Å². The second-order valence-electron chi connectivity index (χ2n) is 5.70. The Labute approximate surface area is 120 Å². The molecular weight excluding hydrogens is 254 g/mol. The predicted octanol–water partition coefficient (Wildman–Crippen LogP) is 3.15. The van der Waals surface area contributed by atoms with E-state index in [1.165, 1.54) is 12.0 Å². The molecule has 0 radical (unpaired) electrons. The summed E-state index contributed by atoms with van der Waals surface area (Å²) in [6.07, 6.45) is 3.14. The highest BCUT2D eigenvalue weighted by Crippen LogP contribution is 2.39. The first kappa shape index (κ1) is 14.9. The Kier molecular flexibility index (Phi) is 5.31. The molecule has 1 aliphatic rings. The van der Waals surface area contributed by atoms with E-state index in [1.807, 2.05) is 18.7 Å². The molecule has 0 heterocycles. The fraction of sp³-hybridized carbons (Fsp3) is 0.625. The zero-order valence-corrected chi connectivity index (χ0v) is 12.6. The number of rotatable bonds is 4. The molecule has 0 aliphatic heterocycles. The van der Waals surface area contributed by atoms with Crippen LogP contribution in [0.2, 0.25) is 0 Å². The molecule has 5 unspecified atom stereocenters. The monoisotopic (exact) mass is 279 g/mol. The van der Waals surface area contributed by atoms with Crippen LogP contribution in [0.4, 0.5) is 0 Å². The molecule has 0 saturated heterocycles. The lowest BCUT2D eigenvalue weighted by atomic mass is 9.82. The van der Waals surface area contributed by atoms with Crippen LogP contribution in [0.25, 0.3) is 0 Å². The molecule has 1 aliphatic carbocycles. The molecule has 3 N–H and O–H groups in total. The summed E-state index contributed by atoms with van der Waals surface area (Å²) in [5, 5.41) is 10.4. The third kappa shape index (κ3) is 3.98. The van der Waals surface area contributed by atoms with Crippen molar-refractivity contribution >= 4 is 11.8 Å². The van der Waals surface area contributed by atoms with Gasteiger partial charge in [-0.15, -0.1) is 0 Å². The van der Waals surface area contributed by atoms with E-state index in [9.17, 15) is 5.11 Å². The molecule has 1 aromatic carbocycles. The predicted molar refractivity (Wildman–Crippen MR) is 83.5 cm³/mol. The Balaban J connectivity index is 2.00. The van der Waals surface area contributed by atoms with Gasteiger partial charge in [0.05, 0.1) is 6.10 Å². The summed E-state index contributed by atoms with van der Waals surface area (Å²) in [6, 6.07) is 11.0. The third-order valence-corrected chi connectivity index (χ3v) is 5.90. The Bertz CT molecular complexity index is 382. The lowest BCUT2D eigenvalue weighted by Crippen LogP contribution is -2.39. The van der Waals surface area contributed by atoms with Crippen molar-refractivity contribution in [3.63, 3.8) is 0 Å². The number of aliphatic hydroxyl groups is 1. The third-order valence-electron chi connectivity index (χ3n) is 4.18. The lowest BCUT2D eigenvalue weighted by molar-refractivity contribution is 0.196. The molecule has 1 fully saturated rings. The van der Waals surface area contributed by atoms with Crippen molar-refractivity contribution in [2.75, 3.05) is 0 Å². The van der Waals surface area contributed by atoms with Crippen LogP contribution in [0.1, 0.15) is 44.6 Å². The number of benzene rings is 1. The van der Waals surface area contributed by atoms with Gasteiger partial charge in [-0.05, 0) is 37.7 Å². The Morgan fingerprint density at radius 3 is 2.53 bits per heavy atom. The van der Waals surface area contributed by atoms with Gasteiger partial charge in [0.15, 0.2) is 0 Å². The standard InChI is InChI=1S/C16H25NOS/c1-11(18)12(2)19-16-10-14(8-9-15(16)17)13-6-4-3-5-7-13/h3-7,11-12,14-16,18H,8-10,17H2,1-2H3. The van der Waals surface area contributed by atoms with E-state index in [0.717, 1.165) is 12.8 Å². The Morgan fingerprint density at radius 2 is 1.89 bits per heavy atom. The highest BCUT2D eigenvalue weighted by molar-refractivity contribution is 8.00. The fourth-order valence-electron chi connectivity index (χ4n) is 2.73. The first-order chi connectivity index (χ1) is 9.08. The number of hydrogen-bond acceptors (Lipinski definition) is 3. The molecule has 0 aromatic heterocycles. The summed E-state index contributed by atoms with van der Waals surface area (Å²) in [7, 11) is 0. The van der Waals surface area contributed by atoms with Crippen molar-refractivity contribution in [3.8, 4) is 0 Å². The van der Waals surface area contributed by atoms with Gasteiger partial charge in [0, 0.05) is 16.5 Å². The maximum Gasteiger partial charge on any atom is 0.0628 e. The lowest BCUT2D eigenvalue weighted by Gasteiger charge is -2.35. The molecule has 5 atom stereocenters. The largest absolute Gasteiger partial charge is 0.392 e. The van der Waals surface area contributed by atoms with Gasteiger partial charge in [0.25, 0.3) is 0 Å². The van der Waals surface area contributed by atoms with Crippen LogP contribution in [0.5, 0.6) is 0 Å². The van der Waals surface area contributed by atoms with Crippen LogP contribution in [0, 0.1) is 0 Å². The van der Waals surface area contributed by atoms with Crippen LogP contribution in [-0.2, 0) is 0 Å². The number of thioether (sulfide) groups is 1. The normalized spacial score (nSPS) is 30.8. The van der Waals surface area contributed by atoms with Crippen LogP contribution in [0.3, 0.4) is 0 Å². The molecule has 2 nitrogen and oxygen atoms in total. The van der Waals surface area contributed by atoms with Crippen LogP contribution in [-0.4, -0.2) is 27.8 Å². The minimum absolute atomic E-state index is 0.255. The maximum atomic E-state index is 9.66. The molecule has 3 heteroatoms. The smallest absolute Gasteiger partial charge is 0.0628 e. The number of aliphatic hydroxyl groups excluding tert-OH is 1. The first-order valence-electron chi connectivity index (χ1n) is 7.22. The van der Waals surface area contributed by atoms with Crippen LogP contribution in [0.15, 0.2) is 30.3 Å². The van der Waals surface area contributed by atoms with Gasteiger partial charge < -0.3 is 10.8 Å². The summed E-state index contributed by atoms with van der Waals surface area (Å²) < 4.78 is 0. The van der Waals surface area contributed by atoms with Crippen molar-refractivity contribution in [2.24, 2.45) is 5.73 Å². The highest BCUT2D eigenvalue weighted by atomic mass is 32.2.